The Kier molecular flexibility index (Phi) is 5.19. The van der Waals surface area contributed by atoms with Gasteiger partial charge in [0.25, 0.3) is 6.43 Å². The molecule has 0 aromatic carbocycles. The second kappa shape index (κ2) is 5.87. The highest BCUT2D eigenvalue weighted by molar-refractivity contribution is 4.95. The van der Waals surface area contributed by atoms with Gasteiger partial charge < -0.3 is 9.47 Å². The maximum atomic E-state index is 14.3. The van der Waals surface area contributed by atoms with Crippen molar-refractivity contribution in [2.24, 2.45) is 0 Å². The van der Waals surface area contributed by atoms with Crippen molar-refractivity contribution in [3.63, 3.8) is 0 Å². The van der Waals surface area contributed by atoms with Crippen LogP contribution < -0.4 is 0 Å². The van der Waals surface area contributed by atoms with Crippen molar-refractivity contribution in [1.29, 1.82) is 0 Å². The molecule has 1 aliphatic rings. The molecule has 0 spiro atoms. The monoisotopic (exact) mass is 382 g/mol. The summed E-state index contributed by atoms with van der Waals surface area (Å²) in [5, 5.41) is 0. The number of rotatable bonds is 5. The molecule has 144 valence electrons. The van der Waals surface area contributed by atoms with Crippen LogP contribution in [0, 0.1) is 0 Å². The highest BCUT2D eigenvalue weighted by Crippen LogP contribution is 2.51. The molecule has 24 heavy (non-hydrogen) atoms. The van der Waals surface area contributed by atoms with Crippen molar-refractivity contribution in [2.75, 3.05) is 0 Å². The van der Waals surface area contributed by atoms with E-state index in [9.17, 15) is 43.9 Å². The van der Waals surface area contributed by atoms with Gasteiger partial charge in [0, 0.05) is 0 Å². The zero-order chi connectivity index (χ0) is 19.4. The average Bonchev–Trinajstić information content (AvgIpc) is 2.60. The normalized spacial score (nSPS) is 28.2. The largest absolute Gasteiger partial charge is 0.462 e. The lowest BCUT2D eigenvalue weighted by Gasteiger charge is -2.36. The molecule has 0 amide bonds. The molecule has 3 nitrogen and oxygen atoms in total. The molecule has 0 N–H and O–H groups in total. The maximum absolute atomic E-state index is 14.3. The molecule has 1 aliphatic heterocycles. The van der Waals surface area contributed by atoms with Gasteiger partial charge in [-0.05, 0) is 20.8 Å². The third-order valence-corrected chi connectivity index (χ3v) is 3.00. The minimum absolute atomic E-state index is 0.861. The number of ether oxygens (including phenoxy) is 3. The van der Waals surface area contributed by atoms with Crippen molar-refractivity contribution in [2.45, 2.75) is 69.3 Å². The van der Waals surface area contributed by atoms with Crippen LogP contribution in [0.15, 0.2) is 0 Å². The fourth-order valence-corrected chi connectivity index (χ4v) is 1.99. The summed E-state index contributed by atoms with van der Waals surface area (Å²) in [6, 6.07) is 0. The predicted molar refractivity (Wildman–Crippen MR) is 56.4 cm³/mol. The van der Waals surface area contributed by atoms with Crippen molar-refractivity contribution < 1.29 is 58.1 Å². The van der Waals surface area contributed by atoms with Gasteiger partial charge in [-0.3, -0.25) is 4.74 Å². The zero-order valence-corrected chi connectivity index (χ0v) is 12.2. The summed E-state index contributed by atoms with van der Waals surface area (Å²) < 4.78 is 140. The molecule has 0 radical (unpaired) electrons. The summed E-state index contributed by atoms with van der Waals surface area (Å²) >= 11 is 0. The molecule has 1 saturated heterocycles. The first-order chi connectivity index (χ1) is 10.4. The van der Waals surface area contributed by atoms with E-state index < -0.39 is 48.5 Å². The Hall–Kier alpha value is -0.820. The van der Waals surface area contributed by atoms with E-state index >= 15 is 0 Å². The third-order valence-electron chi connectivity index (χ3n) is 3.00. The van der Waals surface area contributed by atoms with Crippen molar-refractivity contribution in [3.8, 4) is 0 Å². The summed E-state index contributed by atoms with van der Waals surface area (Å²) in [6.45, 7) is 2.97. The average molecular weight is 382 g/mol. The Bertz CT molecular complexity index is 463. The zero-order valence-electron chi connectivity index (χ0n) is 12.2. The quantitative estimate of drug-likeness (QED) is 0.665. The lowest BCUT2D eigenvalue weighted by atomic mass is 10.1. The number of hydrogen-bond acceptors (Lipinski definition) is 3. The second-order valence-corrected chi connectivity index (χ2v) is 5.45. The van der Waals surface area contributed by atoms with E-state index in [2.05, 4.69) is 9.47 Å². The molecular formula is C11H12F10O3. The first kappa shape index (κ1) is 21.2. The summed E-state index contributed by atoms with van der Waals surface area (Å²) in [4.78, 5) is 0. The van der Waals surface area contributed by atoms with Gasteiger partial charge in [-0.2, -0.15) is 30.7 Å². The molecule has 1 fully saturated rings. The van der Waals surface area contributed by atoms with Crippen LogP contribution in [0.4, 0.5) is 43.9 Å². The SMILES string of the molecule is CC1OC(C)(C)OC1C(F)(OC(F)(F)C(F)(F)C(F)(F)F)C(F)F. The number of alkyl halides is 10. The molecule has 1 heterocycles. The van der Waals surface area contributed by atoms with Gasteiger partial charge in [0.15, 0.2) is 11.9 Å². The molecule has 0 aromatic rings. The topological polar surface area (TPSA) is 27.7 Å². The molecule has 0 bridgehead atoms. The Morgan fingerprint density at radius 2 is 1.38 bits per heavy atom. The van der Waals surface area contributed by atoms with Crippen LogP contribution in [0.25, 0.3) is 0 Å². The molecule has 0 saturated carbocycles. The minimum atomic E-state index is -6.93. The van der Waals surface area contributed by atoms with Crippen molar-refractivity contribution in [3.05, 3.63) is 0 Å². The smallest absolute Gasteiger partial charge is 0.345 e. The van der Waals surface area contributed by atoms with E-state index in [1.54, 1.807) is 0 Å². The Labute approximate surface area is 128 Å². The van der Waals surface area contributed by atoms with E-state index in [-0.39, 0.29) is 0 Å². The van der Waals surface area contributed by atoms with Gasteiger partial charge in [-0.25, -0.2) is 13.2 Å². The standard InChI is InChI=1S/C11H12F10O3/c1-4-5(23-7(2,3)22-4)8(14,6(12)13)24-11(20,21)9(15,16)10(17,18)19/h4-6H,1-3H3. The van der Waals surface area contributed by atoms with Crippen LogP contribution in [0.3, 0.4) is 0 Å². The van der Waals surface area contributed by atoms with Crippen LogP contribution in [-0.4, -0.2) is 48.5 Å². The summed E-state index contributed by atoms with van der Waals surface area (Å²) in [6.07, 6.45) is -22.5. The highest BCUT2D eigenvalue weighted by Gasteiger charge is 2.78. The summed E-state index contributed by atoms with van der Waals surface area (Å²) in [7, 11) is 0. The molecular weight excluding hydrogens is 370 g/mol. The highest BCUT2D eigenvalue weighted by atomic mass is 19.4. The molecule has 0 aromatic heterocycles. The molecule has 1 rings (SSSR count). The van der Waals surface area contributed by atoms with Crippen LogP contribution in [-0.2, 0) is 14.2 Å². The van der Waals surface area contributed by atoms with Crippen molar-refractivity contribution in [1.82, 2.24) is 0 Å². The van der Waals surface area contributed by atoms with Gasteiger partial charge in [0.05, 0.1) is 6.10 Å². The predicted octanol–water partition coefficient (Wildman–Crippen LogP) is 4.26. The van der Waals surface area contributed by atoms with Crippen molar-refractivity contribution >= 4 is 0 Å². The van der Waals surface area contributed by atoms with Gasteiger partial charge in [-0.15, -0.1) is 0 Å². The first-order valence-electron chi connectivity index (χ1n) is 6.22. The number of hydrogen-bond donors (Lipinski definition) is 0. The van der Waals surface area contributed by atoms with Crippen LogP contribution >= 0.6 is 0 Å². The Morgan fingerprint density at radius 3 is 1.67 bits per heavy atom. The Balaban J connectivity index is 3.23. The van der Waals surface area contributed by atoms with Gasteiger partial charge >= 0.3 is 24.1 Å². The van der Waals surface area contributed by atoms with E-state index in [1.165, 1.54) is 0 Å². The van der Waals surface area contributed by atoms with E-state index in [0.717, 1.165) is 20.8 Å². The number of halogens is 10. The third kappa shape index (κ3) is 3.57. The van der Waals surface area contributed by atoms with E-state index in [0.29, 0.717) is 0 Å². The fraction of sp³-hybridized carbons (Fsp3) is 1.00. The van der Waals surface area contributed by atoms with Gasteiger partial charge in [0.2, 0.25) is 0 Å². The summed E-state index contributed by atoms with van der Waals surface area (Å²) in [5.41, 5.74) is 0. The molecule has 0 aliphatic carbocycles. The van der Waals surface area contributed by atoms with Gasteiger partial charge in [0.1, 0.15) is 0 Å². The lowest BCUT2D eigenvalue weighted by molar-refractivity contribution is -0.472. The Morgan fingerprint density at radius 1 is 0.917 bits per heavy atom. The molecule has 3 atom stereocenters. The van der Waals surface area contributed by atoms with Gasteiger partial charge in [-0.1, -0.05) is 0 Å². The minimum Gasteiger partial charge on any atom is -0.345 e. The molecule has 3 unspecified atom stereocenters. The van der Waals surface area contributed by atoms with Crippen LogP contribution in [0.5, 0.6) is 0 Å². The second-order valence-electron chi connectivity index (χ2n) is 5.45. The fourth-order valence-electron chi connectivity index (χ4n) is 1.99. The van der Waals surface area contributed by atoms with Crippen LogP contribution in [0.2, 0.25) is 0 Å². The van der Waals surface area contributed by atoms with E-state index in [4.69, 9.17) is 4.74 Å². The lowest BCUT2D eigenvalue weighted by Crippen LogP contribution is -2.61. The van der Waals surface area contributed by atoms with E-state index in [1.807, 2.05) is 0 Å². The van der Waals surface area contributed by atoms with Crippen LogP contribution in [0.1, 0.15) is 20.8 Å². The summed E-state index contributed by atoms with van der Waals surface area (Å²) in [5.74, 6) is -13.7. The molecule has 13 heteroatoms. The maximum Gasteiger partial charge on any atom is 0.462 e. The first-order valence-corrected chi connectivity index (χ1v) is 6.22.